The smallest absolute Gasteiger partial charge is 0.240 e. The first kappa shape index (κ1) is 19.7. The van der Waals surface area contributed by atoms with Crippen molar-refractivity contribution in [3.63, 3.8) is 0 Å². The summed E-state index contributed by atoms with van der Waals surface area (Å²) in [5.74, 6) is 1.51. The summed E-state index contributed by atoms with van der Waals surface area (Å²) in [6, 6.07) is 5.46. The topological polar surface area (TPSA) is 73.8 Å². The third-order valence-electron chi connectivity index (χ3n) is 4.50. The van der Waals surface area contributed by atoms with Gasteiger partial charge in [-0.25, -0.2) is 13.1 Å². The van der Waals surface area contributed by atoms with Gasteiger partial charge in [-0.15, -0.1) is 0 Å². The summed E-state index contributed by atoms with van der Waals surface area (Å²) in [5.41, 5.74) is 1.69. The molecule has 1 atom stereocenters. The normalized spacial score (nSPS) is 19.1. The molecule has 0 radical (unpaired) electrons. The molecule has 2 rings (SSSR count). The molecule has 0 saturated carbocycles. The van der Waals surface area contributed by atoms with Crippen LogP contribution < -0.4 is 10.0 Å². The van der Waals surface area contributed by atoms with E-state index in [-0.39, 0.29) is 0 Å². The van der Waals surface area contributed by atoms with Crippen molar-refractivity contribution < 1.29 is 8.42 Å². The van der Waals surface area contributed by atoms with Crippen molar-refractivity contribution >= 4 is 16.0 Å². The molecule has 6 nitrogen and oxygen atoms in total. The van der Waals surface area contributed by atoms with Crippen LogP contribution >= 0.6 is 0 Å². The minimum absolute atomic E-state index is 0.318. The number of likely N-dealkylation sites (tertiary alicyclic amines) is 1. The molecule has 1 aromatic carbocycles. The molecule has 0 aromatic heterocycles. The van der Waals surface area contributed by atoms with Gasteiger partial charge in [0.1, 0.15) is 0 Å². The Morgan fingerprint density at radius 3 is 2.76 bits per heavy atom. The molecule has 7 heteroatoms. The number of aryl methyl sites for hydroxylation is 2. The highest BCUT2D eigenvalue weighted by Crippen LogP contribution is 2.16. The van der Waals surface area contributed by atoms with Crippen molar-refractivity contribution in [1.82, 2.24) is 14.9 Å². The second kappa shape index (κ2) is 8.67. The van der Waals surface area contributed by atoms with E-state index in [1.807, 2.05) is 26.0 Å². The van der Waals surface area contributed by atoms with E-state index in [1.165, 1.54) is 12.8 Å². The Kier molecular flexibility index (Phi) is 6.84. The van der Waals surface area contributed by atoms with Crippen LogP contribution in [0.3, 0.4) is 0 Å². The highest BCUT2D eigenvalue weighted by atomic mass is 32.2. The quantitative estimate of drug-likeness (QED) is 0.474. The fourth-order valence-electron chi connectivity index (χ4n) is 3.15. The molecule has 1 fully saturated rings. The third kappa shape index (κ3) is 5.44. The van der Waals surface area contributed by atoms with E-state index in [1.54, 1.807) is 13.1 Å². The fraction of sp³-hybridized carbons (Fsp3) is 0.611. The molecule has 1 unspecified atom stereocenters. The maximum Gasteiger partial charge on any atom is 0.240 e. The number of piperidine rings is 1. The lowest BCUT2D eigenvalue weighted by Crippen LogP contribution is -2.47. The monoisotopic (exact) mass is 366 g/mol. The Morgan fingerprint density at radius 2 is 2.08 bits per heavy atom. The van der Waals surface area contributed by atoms with Crippen LogP contribution in [0.25, 0.3) is 0 Å². The zero-order valence-corrected chi connectivity index (χ0v) is 16.5. The zero-order valence-electron chi connectivity index (χ0n) is 15.7. The number of aliphatic imine (C=N–C) groups is 1. The van der Waals surface area contributed by atoms with E-state index >= 15 is 0 Å². The number of guanidine groups is 1. The van der Waals surface area contributed by atoms with Crippen molar-refractivity contribution in [1.29, 1.82) is 0 Å². The number of nitrogens with zero attached hydrogens (tertiary/aromatic N) is 2. The lowest BCUT2D eigenvalue weighted by atomic mass is 10.0. The van der Waals surface area contributed by atoms with Crippen LogP contribution in [0.5, 0.6) is 0 Å². The summed E-state index contributed by atoms with van der Waals surface area (Å²) in [6.45, 7) is 8.76. The van der Waals surface area contributed by atoms with Gasteiger partial charge in [0.2, 0.25) is 10.0 Å². The van der Waals surface area contributed by atoms with Gasteiger partial charge in [0, 0.05) is 33.2 Å². The number of sulfonamides is 1. The molecule has 1 aliphatic heterocycles. The van der Waals surface area contributed by atoms with Gasteiger partial charge in [-0.3, -0.25) is 4.99 Å². The molecule has 1 aliphatic rings. The van der Waals surface area contributed by atoms with Gasteiger partial charge in [0.05, 0.1) is 4.90 Å². The average Bonchev–Trinajstić information content (AvgIpc) is 2.57. The second-order valence-corrected chi connectivity index (χ2v) is 8.57. The molecule has 0 bridgehead atoms. The molecular formula is C18H30N4O2S. The SMILES string of the molecule is CN=C(NCCNS(=O)(=O)c1cc(C)ccc1C)N1CCCC(C)C1. The minimum atomic E-state index is -3.50. The fourth-order valence-corrected chi connectivity index (χ4v) is 4.51. The van der Waals surface area contributed by atoms with Crippen molar-refractivity contribution in [2.75, 3.05) is 33.2 Å². The summed E-state index contributed by atoms with van der Waals surface area (Å²) >= 11 is 0. The molecule has 0 spiro atoms. The summed E-state index contributed by atoms with van der Waals surface area (Å²) in [4.78, 5) is 6.91. The van der Waals surface area contributed by atoms with Crippen LogP contribution in [0.4, 0.5) is 0 Å². The molecule has 25 heavy (non-hydrogen) atoms. The predicted octanol–water partition coefficient (Wildman–Crippen LogP) is 1.89. The lowest BCUT2D eigenvalue weighted by molar-refractivity contribution is 0.266. The largest absolute Gasteiger partial charge is 0.355 e. The summed E-state index contributed by atoms with van der Waals surface area (Å²) in [6.07, 6.45) is 2.42. The van der Waals surface area contributed by atoms with Gasteiger partial charge < -0.3 is 10.2 Å². The molecule has 1 saturated heterocycles. The van der Waals surface area contributed by atoms with E-state index < -0.39 is 10.0 Å². The maximum absolute atomic E-state index is 12.5. The van der Waals surface area contributed by atoms with Crippen LogP contribution in [0.2, 0.25) is 0 Å². The van der Waals surface area contributed by atoms with Gasteiger partial charge in [-0.05, 0) is 49.8 Å². The Bertz CT molecular complexity index is 716. The van der Waals surface area contributed by atoms with E-state index in [2.05, 4.69) is 26.9 Å². The molecule has 2 N–H and O–H groups in total. The predicted molar refractivity (Wildman–Crippen MR) is 102 cm³/mol. The van der Waals surface area contributed by atoms with Crippen molar-refractivity contribution in [2.24, 2.45) is 10.9 Å². The summed E-state index contributed by atoms with van der Waals surface area (Å²) < 4.78 is 27.6. The third-order valence-corrected chi connectivity index (χ3v) is 6.10. The van der Waals surface area contributed by atoms with E-state index in [4.69, 9.17) is 0 Å². The highest BCUT2D eigenvalue weighted by Gasteiger charge is 2.20. The molecule has 1 heterocycles. The van der Waals surface area contributed by atoms with Gasteiger partial charge in [0.15, 0.2) is 5.96 Å². The zero-order chi connectivity index (χ0) is 18.4. The highest BCUT2D eigenvalue weighted by molar-refractivity contribution is 7.89. The van der Waals surface area contributed by atoms with Gasteiger partial charge in [0.25, 0.3) is 0 Å². The van der Waals surface area contributed by atoms with Crippen molar-refractivity contribution in [3.05, 3.63) is 29.3 Å². The summed E-state index contributed by atoms with van der Waals surface area (Å²) in [7, 11) is -1.73. The molecule has 0 amide bonds. The maximum atomic E-state index is 12.5. The lowest BCUT2D eigenvalue weighted by Gasteiger charge is -2.33. The number of hydrogen-bond donors (Lipinski definition) is 2. The van der Waals surface area contributed by atoms with Crippen molar-refractivity contribution in [3.8, 4) is 0 Å². The first-order valence-corrected chi connectivity index (χ1v) is 10.3. The van der Waals surface area contributed by atoms with Crippen LogP contribution in [0.1, 0.15) is 30.9 Å². The molecule has 140 valence electrons. The first-order chi connectivity index (χ1) is 11.8. The Morgan fingerprint density at radius 1 is 1.32 bits per heavy atom. The number of nitrogens with one attached hydrogen (secondary N) is 2. The Hall–Kier alpha value is -1.60. The summed E-state index contributed by atoms with van der Waals surface area (Å²) in [5, 5.41) is 3.26. The van der Waals surface area contributed by atoms with Gasteiger partial charge in [-0.2, -0.15) is 0 Å². The van der Waals surface area contributed by atoms with E-state index in [9.17, 15) is 8.42 Å². The number of benzene rings is 1. The van der Waals surface area contributed by atoms with E-state index in [0.717, 1.165) is 30.2 Å². The van der Waals surface area contributed by atoms with Crippen LogP contribution in [-0.4, -0.2) is 52.5 Å². The van der Waals surface area contributed by atoms with Gasteiger partial charge in [-0.1, -0.05) is 19.1 Å². The van der Waals surface area contributed by atoms with Crippen LogP contribution in [-0.2, 0) is 10.0 Å². The van der Waals surface area contributed by atoms with E-state index in [0.29, 0.717) is 23.9 Å². The minimum Gasteiger partial charge on any atom is -0.355 e. The first-order valence-electron chi connectivity index (χ1n) is 8.86. The molecule has 1 aromatic rings. The van der Waals surface area contributed by atoms with Crippen LogP contribution in [0, 0.1) is 19.8 Å². The Labute approximate surface area is 151 Å². The second-order valence-electron chi connectivity index (χ2n) is 6.83. The molecular weight excluding hydrogens is 336 g/mol. The standard InChI is InChI=1S/C18H30N4O2S/c1-14-7-8-16(3)17(12-14)25(23,24)21-10-9-20-18(19-4)22-11-5-6-15(2)13-22/h7-8,12,15,21H,5-6,9-11,13H2,1-4H3,(H,19,20). The van der Waals surface area contributed by atoms with Crippen molar-refractivity contribution in [2.45, 2.75) is 38.5 Å². The molecule has 0 aliphatic carbocycles. The number of rotatable bonds is 5. The van der Waals surface area contributed by atoms with Gasteiger partial charge >= 0.3 is 0 Å². The Balaban J connectivity index is 1.88. The number of hydrogen-bond acceptors (Lipinski definition) is 3. The van der Waals surface area contributed by atoms with Crippen LogP contribution in [0.15, 0.2) is 28.1 Å². The average molecular weight is 367 g/mol.